The van der Waals surface area contributed by atoms with Crippen molar-refractivity contribution in [3.8, 4) is 0 Å². The maximum atomic E-state index is 12.0. The number of aromatic nitrogens is 2. The van der Waals surface area contributed by atoms with E-state index in [9.17, 15) is 9.59 Å². The van der Waals surface area contributed by atoms with Crippen LogP contribution in [0.25, 0.3) is 0 Å². The fraction of sp³-hybridized carbons (Fsp3) is 0.312. The molecule has 0 bridgehead atoms. The predicted octanol–water partition coefficient (Wildman–Crippen LogP) is 1.12. The molecule has 2 amide bonds. The lowest BCUT2D eigenvalue weighted by molar-refractivity contribution is -0.129. The van der Waals surface area contributed by atoms with Gasteiger partial charge < -0.3 is 10.2 Å². The minimum atomic E-state index is -0.342. The third kappa shape index (κ3) is 3.94. The molecule has 1 aromatic heterocycles. The van der Waals surface area contributed by atoms with Crippen LogP contribution in [-0.4, -0.2) is 40.1 Å². The van der Waals surface area contributed by atoms with Gasteiger partial charge in [-0.25, -0.2) is 0 Å². The number of aryl methyl sites for hydroxylation is 2. The second kappa shape index (κ2) is 6.89. The van der Waals surface area contributed by atoms with Crippen LogP contribution in [0.2, 0.25) is 0 Å². The van der Waals surface area contributed by atoms with Gasteiger partial charge in [-0.3, -0.25) is 14.3 Å². The summed E-state index contributed by atoms with van der Waals surface area (Å²) < 4.78 is 1.62. The Morgan fingerprint density at radius 2 is 1.95 bits per heavy atom. The fourth-order valence-electron chi connectivity index (χ4n) is 2.00. The van der Waals surface area contributed by atoms with Crippen LogP contribution in [0.5, 0.6) is 0 Å². The predicted molar refractivity (Wildman–Crippen MR) is 83.2 cm³/mol. The van der Waals surface area contributed by atoms with Crippen LogP contribution in [0.15, 0.2) is 36.4 Å². The normalized spacial score (nSPS) is 10.3. The summed E-state index contributed by atoms with van der Waals surface area (Å²) in [5, 5.41) is 6.68. The third-order valence-corrected chi connectivity index (χ3v) is 3.43. The number of carbonyl (C=O) groups is 2. The monoisotopic (exact) mass is 300 g/mol. The molecular formula is C16H20N4O2. The highest BCUT2D eigenvalue weighted by Gasteiger charge is 2.14. The number of likely N-dealkylation sites (N-methyl/N-ethyl adjacent to an activating group) is 1. The van der Waals surface area contributed by atoms with Crippen molar-refractivity contribution in [2.24, 2.45) is 7.05 Å². The average Bonchev–Trinajstić information content (AvgIpc) is 2.85. The van der Waals surface area contributed by atoms with Gasteiger partial charge in [-0.15, -0.1) is 0 Å². The Labute approximate surface area is 129 Å². The molecular weight excluding hydrogens is 280 g/mol. The number of amides is 2. The molecule has 116 valence electrons. The first-order chi connectivity index (χ1) is 10.5. The van der Waals surface area contributed by atoms with Crippen molar-refractivity contribution < 1.29 is 9.59 Å². The first kappa shape index (κ1) is 15.8. The van der Waals surface area contributed by atoms with Crippen LogP contribution in [0.4, 0.5) is 0 Å². The number of hydrogen-bond donors (Lipinski definition) is 1. The Morgan fingerprint density at radius 3 is 2.55 bits per heavy atom. The molecule has 6 heteroatoms. The van der Waals surface area contributed by atoms with Crippen LogP contribution in [0, 0.1) is 6.92 Å². The molecule has 6 nitrogen and oxygen atoms in total. The Bertz CT molecular complexity index is 645. The molecule has 0 aliphatic rings. The van der Waals surface area contributed by atoms with E-state index in [2.05, 4.69) is 10.4 Å². The minimum Gasteiger partial charge on any atom is -0.342 e. The number of rotatable bonds is 5. The number of carbonyl (C=O) groups excluding carboxylic acids is 2. The summed E-state index contributed by atoms with van der Waals surface area (Å²) in [5.41, 5.74) is 2.25. The second-order valence-corrected chi connectivity index (χ2v) is 5.21. The van der Waals surface area contributed by atoms with Gasteiger partial charge in [0.25, 0.3) is 5.91 Å². The summed E-state index contributed by atoms with van der Waals surface area (Å²) in [4.78, 5) is 25.6. The maximum absolute atomic E-state index is 12.0. The van der Waals surface area contributed by atoms with Crippen molar-refractivity contribution in [3.05, 3.63) is 53.3 Å². The number of nitrogens with one attached hydrogen (secondary N) is 1. The summed E-state index contributed by atoms with van der Waals surface area (Å²) in [6.45, 7) is 2.33. The molecule has 0 atom stereocenters. The molecule has 0 saturated carbocycles. The van der Waals surface area contributed by atoms with Crippen LogP contribution in [0.1, 0.15) is 21.7 Å². The standard InChI is InChI=1S/C16H20N4O2/c1-12-9-14(18-20(12)3)16(22)17-10-15(21)19(2)11-13-7-5-4-6-8-13/h4-9H,10-11H2,1-3H3,(H,17,22). The van der Waals surface area contributed by atoms with E-state index in [0.717, 1.165) is 11.3 Å². The third-order valence-electron chi connectivity index (χ3n) is 3.43. The zero-order valence-corrected chi connectivity index (χ0v) is 13.0. The van der Waals surface area contributed by atoms with Gasteiger partial charge in [-0.2, -0.15) is 5.10 Å². The smallest absolute Gasteiger partial charge is 0.272 e. The SMILES string of the molecule is Cc1cc(C(=O)NCC(=O)N(C)Cc2ccccc2)nn1C. The summed E-state index contributed by atoms with van der Waals surface area (Å²) in [6.07, 6.45) is 0. The topological polar surface area (TPSA) is 67.2 Å². The molecule has 0 spiro atoms. The minimum absolute atomic E-state index is 0.0439. The average molecular weight is 300 g/mol. The van der Waals surface area contributed by atoms with E-state index >= 15 is 0 Å². The molecule has 0 radical (unpaired) electrons. The second-order valence-electron chi connectivity index (χ2n) is 5.21. The van der Waals surface area contributed by atoms with E-state index in [0.29, 0.717) is 12.2 Å². The maximum Gasteiger partial charge on any atom is 0.272 e. The van der Waals surface area contributed by atoms with E-state index in [-0.39, 0.29) is 18.4 Å². The first-order valence-electron chi connectivity index (χ1n) is 7.04. The van der Waals surface area contributed by atoms with E-state index in [4.69, 9.17) is 0 Å². The summed E-state index contributed by atoms with van der Waals surface area (Å²) in [5.74, 6) is -0.491. The molecule has 2 rings (SSSR count). The van der Waals surface area contributed by atoms with Crippen molar-refractivity contribution in [1.29, 1.82) is 0 Å². The fourth-order valence-corrected chi connectivity index (χ4v) is 2.00. The van der Waals surface area contributed by atoms with Crippen molar-refractivity contribution in [3.63, 3.8) is 0 Å². The van der Waals surface area contributed by atoms with E-state index in [1.165, 1.54) is 0 Å². The van der Waals surface area contributed by atoms with Gasteiger partial charge in [0.15, 0.2) is 0 Å². The molecule has 2 aromatic rings. The molecule has 0 fully saturated rings. The molecule has 0 aliphatic carbocycles. The first-order valence-corrected chi connectivity index (χ1v) is 7.04. The van der Waals surface area contributed by atoms with Gasteiger partial charge in [0.05, 0.1) is 6.54 Å². The number of hydrogen-bond acceptors (Lipinski definition) is 3. The highest BCUT2D eigenvalue weighted by Crippen LogP contribution is 2.03. The number of nitrogens with zero attached hydrogens (tertiary/aromatic N) is 3. The molecule has 1 aromatic carbocycles. The van der Waals surface area contributed by atoms with Crippen molar-refractivity contribution in [2.45, 2.75) is 13.5 Å². The van der Waals surface area contributed by atoms with Gasteiger partial charge in [0.1, 0.15) is 5.69 Å². The zero-order valence-electron chi connectivity index (χ0n) is 13.0. The molecule has 0 aliphatic heterocycles. The lowest BCUT2D eigenvalue weighted by Crippen LogP contribution is -2.38. The quantitative estimate of drug-likeness (QED) is 0.899. The van der Waals surface area contributed by atoms with Gasteiger partial charge in [-0.05, 0) is 18.6 Å². The van der Waals surface area contributed by atoms with E-state index in [1.807, 2.05) is 37.3 Å². The Hall–Kier alpha value is -2.63. The zero-order chi connectivity index (χ0) is 16.1. The van der Waals surface area contributed by atoms with Gasteiger partial charge >= 0.3 is 0 Å². The summed E-state index contributed by atoms with van der Waals surface area (Å²) in [6, 6.07) is 11.4. The highest BCUT2D eigenvalue weighted by molar-refractivity contribution is 5.94. The lowest BCUT2D eigenvalue weighted by atomic mass is 10.2. The molecule has 0 unspecified atom stereocenters. The van der Waals surface area contributed by atoms with Crippen LogP contribution >= 0.6 is 0 Å². The lowest BCUT2D eigenvalue weighted by Gasteiger charge is -2.17. The highest BCUT2D eigenvalue weighted by atomic mass is 16.2. The molecule has 1 heterocycles. The van der Waals surface area contributed by atoms with Gasteiger partial charge in [-0.1, -0.05) is 30.3 Å². The van der Waals surface area contributed by atoms with Crippen molar-refractivity contribution in [2.75, 3.05) is 13.6 Å². The Kier molecular flexibility index (Phi) is 4.93. The summed E-state index contributed by atoms with van der Waals surface area (Å²) >= 11 is 0. The molecule has 22 heavy (non-hydrogen) atoms. The van der Waals surface area contributed by atoms with Crippen LogP contribution < -0.4 is 5.32 Å². The van der Waals surface area contributed by atoms with E-state index in [1.54, 1.807) is 29.7 Å². The van der Waals surface area contributed by atoms with E-state index < -0.39 is 0 Å². The Morgan fingerprint density at radius 1 is 1.27 bits per heavy atom. The summed E-state index contributed by atoms with van der Waals surface area (Å²) in [7, 11) is 3.48. The van der Waals surface area contributed by atoms with Crippen LogP contribution in [0.3, 0.4) is 0 Å². The molecule has 1 N–H and O–H groups in total. The Balaban J connectivity index is 1.85. The van der Waals surface area contributed by atoms with Crippen molar-refractivity contribution >= 4 is 11.8 Å². The molecule has 0 saturated heterocycles. The van der Waals surface area contributed by atoms with Gasteiger partial charge in [0, 0.05) is 26.3 Å². The number of benzene rings is 1. The largest absolute Gasteiger partial charge is 0.342 e. The van der Waals surface area contributed by atoms with Crippen LogP contribution in [-0.2, 0) is 18.4 Å². The van der Waals surface area contributed by atoms with Crippen molar-refractivity contribution in [1.82, 2.24) is 20.0 Å². The van der Waals surface area contributed by atoms with Gasteiger partial charge in [0.2, 0.25) is 5.91 Å².